The number of nitrogens with two attached hydrogens (primary N) is 1. The van der Waals surface area contributed by atoms with Crippen molar-refractivity contribution in [2.45, 2.75) is 20.0 Å². The summed E-state index contributed by atoms with van der Waals surface area (Å²) in [6.07, 6.45) is -0.777. The monoisotopic (exact) mass is 365 g/mol. The van der Waals surface area contributed by atoms with E-state index in [2.05, 4.69) is 10.5 Å². The van der Waals surface area contributed by atoms with E-state index >= 15 is 0 Å². The number of ether oxygens (including phenoxy) is 1. The van der Waals surface area contributed by atoms with Crippen molar-refractivity contribution in [2.75, 3.05) is 5.73 Å². The molecule has 0 aliphatic rings. The summed E-state index contributed by atoms with van der Waals surface area (Å²) >= 11 is 11.8. The highest BCUT2D eigenvalue weighted by molar-refractivity contribution is 6.35. The number of halogens is 2. The van der Waals surface area contributed by atoms with Gasteiger partial charge in [-0.05, 0) is 49.7 Å². The Kier molecular flexibility index (Phi) is 6.06. The average Bonchev–Trinajstić information content (AvgIpc) is 2.54. The number of amides is 1. The Morgan fingerprint density at radius 2 is 2.00 bits per heavy atom. The van der Waals surface area contributed by atoms with Gasteiger partial charge in [0.2, 0.25) is 0 Å². The third-order valence-corrected chi connectivity index (χ3v) is 3.74. The number of carbonyl (C=O) groups excluding carboxylic acids is 1. The zero-order valence-corrected chi connectivity index (χ0v) is 14.7. The first-order chi connectivity index (χ1) is 11.4. The molecule has 0 aromatic heterocycles. The molecule has 1 amide bonds. The Balaban J connectivity index is 1.99. The second kappa shape index (κ2) is 8.04. The number of hydrogen-bond donors (Lipinski definition) is 2. The molecule has 0 fully saturated rings. The Morgan fingerprint density at radius 3 is 2.67 bits per heavy atom. The van der Waals surface area contributed by atoms with Crippen molar-refractivity contribution < 1.29 is 9.53 Å². The molecular weight excluding hydrogens is 349 g/mol. The SMILES string of the molecule is C/C(=N/NC(=O)[C@@H](C)Oc1ccc(Cl)cc1Cl)c1cccc(N)c1. The summed E-state index contributed by atoms with van der Waals surface area (Å²) in [7, 11) is 0. The Bertz CT molecular complexity index is 778. The fraction of sp³-hybridized carbons (Fsp3) is 0.176. The topological polar surface area (TPSA) is 76.7 Å². The number of carbonyl (C=O) groups is 1. The van der Waals surface area contributed by atoms with Crippen LogP contribution in [0.2, 0.25) is 10.0 Å². The number of hydrazone groups is 1. The van der Waals surface area contributed by atoms with Gasteiger partial charge < -0.3 is 10.5 Å². The van der Waals surface area contributed by atoms with E-state index in [4.69, 9.17) is 33.7 Å². The minimum atomic E-state index is -0.777. The molecule has 0 bridgehead atoms. The van der Waals surface area contributed by atoms with E-state index in [1.165, 1.54) is 0 Å². The van der Waals surface area contributed by atoms with Gasteiger partial charge in [-0.1, -0.05) is 35.3 Å². The van der Waals surface area contributed by atoms with Crippen LogP contribution in [0.25, 0.3) is 0 Å². The van der Waals surface area contributed by atoms with Gasteiger partial charge in [0, 0.05) is 10.7 Å². The van der Waals surface area contributed by atoms with Crippen molar-refractivity contribution in [3.63, 3.8) is 0 Å². The fourth-order valence-electron chi connectivity index (χ4n) is 1.87. The molecule has 2 aromatic rings. The largest absolute Gasteiger partial charge is 0.479 e. The lowest BCUT2D eigenvalue weighted by molar-refractivity contribution is -0.127. The summed E-state index contributed by atoms with van der Waals surface area (Å²) in [5, 5.41) is 4.89. The van der Waals surface area contributed by atoms with Crippen LogP contribution in [0.1, 0.15) is 19.4 Å². The van der Waals surface area contributed by atoms with Gasteiger partial charge in [0.25, 0.3) is 5.91 Å². The third kappa shape index (κ3) is 4.88. The number of nitrogen functional groups attached to an aromatic ring is 1. The van der Waals surface area contributed by atoms with E-state index in [9.17, 15) is 4.79 Å². The molecule has 0 aliphatic heterocycles. The lowest BCUT2D eigenvalue weighted by Gasteiger charge is -2.14. The molecule has 0 aliphatic carbocycles. The molecule has 0 spiro atoms. The van der Waals surface area contributed by atoms with E-state index in [0.29, 0.717) is 27.2 Å². The van der Waals surface area contributed by atoms with Crippen LogP contribution in [0, 0.1) is 0 Å². The van der Waals surface area contributed by atoms with E-state index in [1.54, 1.807) is 44.2 Å². The molecule has 7 heteroatoms. The van der Waals surface area contributed by atoms with Crippen LogP contribution in [-0.2, 0) is 4.79 Å². The summed E-state index contributed by atoms with van der Waals surface area (Å²) in [6.45, 7) is 3.38. The van der Waals surface area contributed by atoms with E-state index in [0.717, 1.165) is 5.56 Å². The number of nitrogens with one attached hydrogen (secondary N) is 1. The molecule has 0 heterocycles. The fourth-order valence-corrected chi connectivity index (χ4v) is 2.33. The molecule has 2 aromatic carbocycles. The van der Waals surface area contributed by atoms with Crippen molar-refractivity contribution in [1.29, 1.82) is 0 Å². The maximum Gasteiger partial charge on any atom is 0.280 e. The molecule has 0 radical (unpaired) electrons. The number of benzene rings is 2. The van der Waals surface area contributed by atoms with Crippen LogP contribution in [-0.4, -0.2) is 17.7 Å². The summed E-state index contributed by atoms with van der Waals surface area (Å²) in [5.41, 5.74) is 10.3. The second-order valence-electron chi connectivity index (χ2n) is 5.13. The molecule has 1 atom stereocenters. The highest BCUT2D eigenvalue weighted by Gasteiger charge is 2.16. The van der Waals surface area contributed by atoms with Crippen LogP contribution >= 0.6 is 23.2 Å². The van der Waals surface area contributed by atoms with Crippen molar-refractivity contribution in [3.8, 4) is 5.75 Å². The minimum Gasteiger partial charge on any atom is -0.479 e. The molecule has 0 saturated carbocycles. The first-order valence-corrected chi connectivity index (χ1v) is 7.94. The predicted molar refractivity (Wildman–Crippen MR) is 97.8 cm³/mol. The molecule has 0 saturated heterocycles. The first kappa shape index (κ1) is 18.1. The number of anilines is 1. The normalized spacial score (nSPS) is 12.6. The van der Waals surface area contributed by atoms with Gasteiger partial charge in [0.05, 0.1) is 10.7 Å². The van der Waals surface area contributed by atoms with Crippen molar-refractivity contribution in [2.24, 2.45) is 5.10 Å². The highest BCUT2D eigenvalue weighted by Crippen LogP contribution is 2.28. The molecule has 126 valence electrons. The maximum atomic E-state index is 12.1. The average molecular weight is 366 g/mol. The molecule has 24 heavy (non-hydrogen) atoms. The summed E-state index contributed by atoms with van der Waals surface area (Å²) < 4.78 is 5.53. The quantitative estimate of drug-likeness (QED) is 0.479. The Labute approximate surface area is 150 Å². The summed E-state index contributed by atoms with van der Waals surface area (Å²) in [6, 6.07) is 12.0. The lowest BCUT2D eigenvalue weighted by Crippen LogP contribution is -2.34. The number of nitrogens with zero attached hydrogens (tertiary/aromatic N) is 1. The van der Waals surface area contributed by atoms with Gasteiger partial charge in [0.15, 0.2) is 6.10 Å². The first-order valence-electron chi connectivity index (χ1n) is 7.18. The van der Waals surface area contributed by atoms with Crippen LogP contribution in [0.3, 0.4) is 0 Å². The van der Waals surface area contributed by atoms with Crippen molar-refractivity contribution >= 4 is 40.5 Å². The van der Waals surface area contributed by atoms with Gasteiger partial charge in [-0.3, -0.25) is 4.79 Å². The summed E-state index contributed by atoms with van der Waals surface area (Å²) in [5.74, 6) is -0.0236. The van der Waals surface area contributed by atoms with E-state index < -0.39 is 12.0 Å². The van der Waals surface area contributed by atoms with Crippen LogP contribution < -0.4 is 15.9 Å². The van der Waals surface area contributed by atoms with Crippen LogP contribution in [0.4, 0.5) is 5.69 Å². The molecule has 5 nitrogen and oxygen atoms in total. The Morgan fingerprint density at radius 1 is 1.25 bits per heavy atom. The third-order valence-electron chi connectivity index (χ3n) is 3.21. The second-order valence-corrected chi connectivity index (χ2v) is 5.98. The predicted octanol–water partition coefficient (Wildman–Crippen LogP) is 3.88. The minimum absolute atomic E-state index is 0.335. The number of rotatable bonds is 5. The van der Waals surface area contributed by atoms with E-state index in [1.807, 2.05) is 12.1 Å². The molecule has 0 unspecified atom stereocenters. The smallest absolute Gasteiger partial charge is 0.280 e. The highest BCUT2D eigenvalue weighted by atomic mass is 35.5. The lowest BCUT2D eigenvalue weighted by atomic mass is 10.1. The van der Waals surface area contributed by atoms with Crippen molar-refractivity contribution in [1.82, 2.24) is 5.43 Å². The van der Waals surface area contributed by atoms with E-state index in [-0.39, 0.29) is 0 Å². The van der Waals surface area contributed by atoms with Crippen LogP contribution in [0.5, 0.6) is 5.75 Å². The number of hydrogen-bond acceptors (Lipinski definition) is 4. The standard InChI is InChI=1S/C17H17Cl2N3O2/c1-10(12-4-3-5-14(20)8-12)21-22-17(23)11(2)24-16-7-6-13(18)9-15(16)19/h3-9,11H,20H2,1-2H3,(H,22,23)/b21-10-/t11-/m1/s1. The van der Waals surface area contributed by atoms with Gasteiger partial charge in [-0.15, -0.1) is 0 Å². The molecule has 2 rings (SSSR count). The molecule has 3 N–H and O–H groups in total. The van der Waals surface area contributed by atoms with Gasteiger partial charge in [0.1, 0.15) is 5.75 Å². The molecular formula is C17H17Cl2N3O2. The van der Waals surface area contributed by atoms with Gasteiger partial charge in [-0.25, -0.2) is 5.43 Å². The Hall–Kier alpha value is -2.24. The maximum absolute atomic E-state index is 12.1. The van der Waals surface area contributed by atoms with Gasteiger partial charge in [-0.2, -0.15) is 5.10 Å². The van der Waals surface area contributed by atoms with Gasteiger partial charge >= 0.3 is 0 Å². The zero-order valence-electron chi connectivity index (χ0n) is 13.2. The van der Waals surface area contributed by atoms with Crippen molar-refractivity contribution in [3.05, 3.63) is 58.1 Å². The van der Waals surface area contributed by atoms with Crippen LogP contribution in [0.15, 0.2) is 47.6 Å². The zero-order chi connectivity index (χ0) is 17.7. The summed E-state index contributed by atoms with van der Waals surface area (Å²) in [4.78, 5) is 12.1.